The van der Waals surface area contributed by atoms with E-state index >= 15 is 0 Å². The molecule has 3 fully saturated rings. The predicted molar refractivity (Wildman–Crippen MR) is 102 cm³/mol. The van der Waals surface area contributed by atoms with Crippen LogP contribution in [0.1, 0.15) is 37.7 Å². The Bertz CT molecular complexity index is 876. The van der Waals surface area contributed by atoms with E-state index in [-0.39, 0.29) is 30.0 Å². The zero-order chi connectivity index (χ0) is 21.5. The Balaban J connectivity index is 1.31. The van der Waals surface area contributed by atoms with Crippen molar-refractivity contribution in [2.75, 3.05) is 26.2 Å². The van der Waals surface area contributed by atoms with E-state index in [0.29, 0.717) is 31.7 Å². The molecule has 2 saturated heterocycles. The highest BCUT2D eigenvalue weighted by molar-refractivity contribution is 7.89. The molecule has 1 aromatic rings. The van der Waals surface area contributed by atoms with Crippen molar-refractivity contribution in [1.29, 1.82) is 0 Å². The normalized spacial score (nSPS) is 24.6. The van der Waals surface area contributed by atoms with Gasteiger partial charge in [0.05, 0.1) is 16.6 Å². The minimum atomic E-state index is -4.51. The molecule has 1 atom stereocenters. The SMILES string of the molecule is O=C1C(OC2CCN(S(=O)(=O)c3ccc(C(F)(F)F)cc3)CC2)CCN1CC1CC1. The summed E-state index contributed by atoms with van der Waals surface area (Å²) in [6.45, 7) is 1.94. The van der Waals surface area contributed by atoms with Crippen molar-refractivity contribution in [2.24, 2.45) is 5.92 Å². The number of halogens is 3. The monoisotopic (exact) mass is 446 g/mol. The van der Waals surface area contributed by atoms with Crippen LogP contribution in [0.5, 0.6) is 0 Å². The zero-order valence-electron chi connectivity index (χ0n) is 16.5. The fourth-order valence-corrected chi connectivity index (χ4v) is 5.51. The standard InChI is InChI=1S/C20H25F3N2O4S/c21-20(22,23)15-3-5-17(6-4-15)30(27,28)25-11-7-16(8-12-25)29-18-9-10-24(19(18)26)13-14-1-2-14/h3-6,14,16,18H,1-2,7-13H2. The predicted octanol–water partition coefficient (Wildman–Crippen LogP) is 2.89. The van der Waals surface area contributed by atoms with E-state index in [0.717, 1.165) is 30.8 Å². The highest BCUT2D eigenvalue weighted by Crippen LogP contribution is 2.33. The summed E-state index contributed by atoms with van der Waals surface area (Å²) >= 11 is 0. The number of likely N-dealkylation sites (tertiary alicyclic amines) is 1. The minimum absolute atomic E-state index is 0.0294. The summed E-state index contributed by atoms with van der Waals surface area (Å²) in [6.07, 6.45) is -1.23. The maximum absolute atomic E-state index is 12.7. The summed E-state index contributed by atoms with van der Waals surface area (Å²) < 4.78 is 70.8. The second kappa shape index (κ2) is 8.12. The summed E-state index contributed by atoms with van der Waals surface area (Å²) in [4.78, 5) is 14.2. The third-order valence-electron chi connectivity index (χ3n) is 6.00. The van der Waals surface area contributed by atoms with Crippen LogP contribution in [0, 0.1) is 5.92 Å². The summed E-state index contributed by atoms with van der Waals surface area (Å²) in [7, 11) is -3.87. The minimum Gasteiger partial charge on any atom is -0.365 e. The number of carbonyl (C=O) groups is 1. The molecule has 1 aliphatic carbocycles. The Morgan fingerprint density at radius 3 is 2.17 bits per heavy atom. The lowest BCUT2D eigenvalue weighted by atomic mass is 10.1. The van der Waals surface area contributed by atoms with Crippen LogP contribution in [0.25, 0.3) is 0 Å². The highest BCUT2D eigenvalue weighted by atomic mass is 32.2. The molecular formula is C20H25F3N2O4S. The molecule has 0 radical (unpaired) electrons. The average Bonchev–Trinajstić information content (AvgIpc) is 3.47. The van der Waals surface area contributed by atoms with E-state index in [4.69, 9.17) is 4.74 Å². The summed E-state index contributed by atoms with van der Waals surface area (Å²) in [5.41, 5.74) is -0.884. The fraction of sp³-hybridized carbons (Fsp3) is 0.650. The number of sulfonamides is 1. The summed E-state index contributed by atoms with van der Waals surface area (Å²) in [6, 6.07) is 3.54. The molecule has 3 aliphatic rings. The van der Waals surface area contributed by atoms with Gasteiger partial charge < -0.3 is 9.64 Å². The van der Waals surface area contributed by atoms with Gasteiger partial charge in [-0.15, -0.1) is 0 Å². The lowest BCUT2D eigenvalue weighted by molar-refractivity contribution is -0.142. The summed E-state index contributed by atoms with van der Waals surface area (Å²) in [5, 5.41) is 0. The van der Waals surface area contributed by atoms with Crippen molar-refractivity contribution >= 4 is 15.9 Å². The largest absolute Gasteiger partial charge is 0.416 e. The molecule has 0 N–H and O–H groups in total. The van der Waals surface area contributed by atoms with Crippen LogP contribution >= 0.6 is 0 Å². The first-order chi connectivity index (χ1) is 14.1. The molecular weight excluding hydrogens is 421 g/mol. The first-order valence-electron chi connectivity index (χ1n) is 10.3. The Labute approximate surface area is 174 Å². The molecule has 0 spiro atoms. The Hall–Kier alpha value is -1.65. The van der Waals surface area contributed by atoms with Gasteiger partial charge in [-0.3, -0.25) is 4.79 Å². The molecule has 4 rings (SSSR count). The molecule has 6 nitrogen and oxygen atoms in total. The molecule has 1 amide bonds. The lowest BCUT2D eigenvalue weighted by Gasteiger charge is -2.32. The highest BCUT2D eigenvalue weighted by Gasteiger charge is 2.38. The first kappa shape index (κ1) is 21.6. The molecule has 1 unspecified atom stereocenters. The lowest BCUT2D eigenvalue weighted by Crippen LogP contribution is -2.42. The number of hydrogen-bond acceptors (Lipinski definition) is 4. The smallest absolute Gasteiger partial charge is 0.365 e. The average molecular weight is 446 g/mol. The van der Waals surface area contributed by atoms with Crippen LogP contribution < -0.4 is 0 Å². The number of rotatable bonds is 6. The number of amides is 1. The number of benzene rings is 1. The van der Waals surface area contributed by atoms with Crippen molar-refractivity contribution in [2.45, 2.75) is 55.4 Å². The Morgan fingerprint density at radius 2 is 1.60 bits per heavy atom. The van der Waals surface area contributed by atoms with Gasteiger partial charge in [-0.05, 0) is 55.9 Å². The third-order valence-corrected chi connectivity index (χ3v) is 7.91. The summed E-state index contributed by atoms with van der Waals surface area (Å²) in [5.74, 6) is 0.660. The molecule has 2 heterocycles. The van der Waals surface area contributed by atoms with Crippen LogP contribution in [0.4, 0.5) is 13.2 Å². The van der Waals surface area contributed by atoms with E-state index in [1.165, 1.54) is 17.1 Å². The topological polar surface area (TPSA) is 66.9 Å². The number of alkyl halides is 3. The van der Waals surface area contributed by atoms with Gasteiger partial charge in [0.15, 0.2) is 0 Å². The van der Waals surface area contributed by atoms with Gasteiger partial charge in [0.2, 0.25) is 10.0 Å². The van der Waals surface area contributed by atoms with Crippen LogP contribution in [-0.4, -0.2) is 61.9 Å². The molecule has 166 valence electrons. The van der Waals surface area contributed by atoms with E-state index in [2.05, 4.69) is 0 Å². The van der Waals surface area contributed by atoms with Crippen LogP contribution in [0.3, 0.4) is 0 Å². The number of ether oxygens (including phenoxy) is 1. The molecule has 0 bridgehead atoms. The molecule has 0 aromatic heterocycles. The second-order valence-corrected chi connectivity index (χ2v) is 10.2. The maximum Gasteiger partial charge on any atom is 0.416 e. The molecule has 1 aromatic carbocycles. The molecule has 1 saturated carbocycles. The van der Waals surface area contributed by atoms with Crippen molar-refractivity contribution < 1.29 is 31.1 Å². The molecule has 2 aliphatic heterocycles. The second-order valence-electron chi connectivity index (χ2n) is 8.27. The number of nitrogens with zero attached hydrogens (tertiary/aromatic N) is 2. The molecule has 30 heavy (non-hydrogen) atoms. The first-order valence-corrected chi connectivity index (χ1v) is 11.7. The van der Waals surface area contributed by atoms with Gasteiger partial charge in [-0.1, -0.05) is 0 Å². The Kier molecular flexibility index (Phi) is 5.84. The van der Waals surface area contributed by atoms with Crippen molar-refractivity contribution in [3.63, 3.8) is 0 Å². The van der Waals surface area contributed by atoms with E-state index in [9.17, 15) is 26.4 Å². The van der Waals surface area contributed by atoms with E-state index in [1.807, 2.05) is 4.90 Å². The van der Waals surface area contributed by atoms with Gasteiger partial charge in [-0.2, -0.15) is 17.5 Å². The number of hydrogen-bond donors (Lipinski definition) is 0. The molecule has 10 heteroatoms. The van der Waals surface area contributed by atoms with Gasteiger partial charge in [0.1, 0.15) is 6.10 Å². The van der Waals surface area contributed by atoms with Gasteiger partial charge in [0, 0.05) is 32.6 Å². The number of piperidine rings is 1. The Morgan fingerprint density at radius 1 is 0.967 bits per heavy atom. The quantitative estimate of drug-likeness (QED) is 0.674. The van der Waals surface area contributed by atoms with Crippen molar-refractivity contribution in [3.05, 3.63) is 29.8 Å². The van der Waals surface area contributed by atoms with Crippen molar-refractivity contribution in [1.82, 2.24) is 9.21 Å². The third kappa shape index (κ3) is 4.65. The van der Waals surface area contributed by atoms with E-state index < -0.39 is 27.9 Å². The van der Waals surface area contributed by atoms with Crippen LogP contribution in [0.2, 0.25) is 0 Å². The number of carbonyl (C=O) groups excluding carboxylic acids is 1. The van der Waals surface area contributed by atoms with Gasteiger partial charge in [-0.25, -0.2) is 8.42 Å². The van der Waals surface area contributed by atoms with Gasteiger partial charge >= 0.3 is 6.18 Å². The van der Waals surface area contributed by atoms with Crippen LogP contribution in [0.15, 0.2) is 29.2 Å². The van der Waals surface area contributed by atoms with Crippen molar-refractivity contribution in [3.8, 4) is 0 Å². The van der Waals surface area contributed by atoms with Gasteiger partial charge in [0.25, 0.3) is 5.91 Å². The van der Waals surface area contributed by atoms with Crippen LogP contribution in [-0.2, 0) is 25.7 Å². The fourth-order valence-electron chi connectivity index (χ4n) is 4.04. The zero-order valence-corrected chi connectivity index (χ0v) is 17.3. The van der Waals surface area contributed by atoms with E-state index in [1.54, 1.807) is 0 Å². The maximum atomic E-state index is 12.7.